The Morgan fingerprint density at radius 3 is 1.25 bits per heavy atom. The number of hydrogen-bond acceptors (Lipinski definition) is 8. The first-order chi connectivity index (χ1) is 28.1. The quantitative estimate of drug-likeness (QED) is 0.162. The van der Waals surface area contributed by atoms with Crippen molar-refractivity contribution in [2.45, 2.75) is 78.6 Å². The molecule has 11 rings (SSSR count). The van der Waals surface area contributed by atoms with Crippen LogP contribution < -0.4 is 45.1 Å². The van der Waals surface area contributed by atoms with E-state index >= 15 is 0 Å². The van der Waals surface area contributed by atoms with E-state index in [0.29, 0.717) is 26.4 Å². The molecule has 0 aliphatic carbocycles. The molecule has 5 aromatic carbocycles. The largest absolute Gasteiger partial charge is 0.486 e. The molecule has 0 amide bonds. The molecule has 9 heteroatoms. The maximum atomic E-state index is 6.26. The van der Waals surface area contributed by atoms with Gasteiger partial charge < -0.3 is 28.7 Å². The third-order valence-corrected chi connectivity index (χ3v) is 14.8. The summed E-state index contributed by atoms with van der Waals surface area (Å²) in [4.78, 5) is 5.06. The van der Waals surface area contributed by atoms with Gasteiger partial charge in [-0.2, -0.15) is 0 Å². The summed E-state index contributed by atoms with van der Waals surface area (Å²) < 4.78 is 27.2. The number of thiophene rings is 2. The van der Waals surface area contributed by atoms with Crippen molar-refractivity contribution in [1.29, 1.82) is 0 Å². The number of benzene rings is 5. The Hall–Kier alpha value is -5.12. The first kappa shape index (κ1) is 36.9. The Morgan fingerprint density at radius 1 is 0.441 bits per heavy atom. The second kappa shape index (κ2) is 12.7. The number of hydrogen-bond donors (Lipinski definition) is 0. The summed E-state index contributed by atoms with van der Waals surface area (Å²) >= 11 is 3.80. The minimum atomic E-state index is -0.137. The number of fused-ring (bicyclic) bond motifs is 10. The van der Waals surface area contributed by atoms with Gasteiger partial charge >= 0.3 is 0 Å². The predicted molar refractivity (Wildman–Crippen MR) is 249 cm³/mol. The first-order valence-electron chi connectivity index (χ1n) is 20.9. The number of nitrogens with zero attached hydrogens (tertiary/aromatic N) is 2. The molecular formula is C50H49BN2O4S2. The highest BCUT2D eigenvalue weighted by Crippen LogP contribution is 2.53. The SMILES string of the molecule is CC(C)(C)c1cc2c3c(c1)N(c1ccc4c(c1)OCCO4)c1sc4ccc(C(C)(C)C)cc4c1B3c1c(sc3ccc(C(C)(C)C)cc13)N2c1ccc2c(c1)OCCO2. The van der Waals surface area contributed by atoms with Gasteiger partial charge in [-0.25, -0.2) is 0 Å². The summed E-state index contributed by atoms with van der Waals surface area (Å²) in [6.07, 6.45) is 0. The van der Waals surface area contributed by atoms with Crippen molar-refractivity contribution in [3.63, 3.8) is 0 Å². The van der Waals surface area contributed by atoms with Gasteiger partial charge in [-0.05, 0) is 109 Å². The van der Waals surface area contributed by atoms with E-state index in [1.165, 1.54) is 74.6 Å². The van der Waals surface area contributed by atoms with Gasteiger partial charge in [0.15, 0.2) is 23.0 Å². The molecule has 2 aromatic heterocycles. The predicted octanol–water partition coefficient (Wildman–Crippen LogP) is 11.6. The van der Waals surface area contributed by atoms with Crippen LogP contribution in [-0.2, 0) is 16.2 Å². The number of rotatable bonds is 2. The minimum absolute atomic E-state index is 0.0126. The van der Waals surface area contributed by atoms with Crippen LogP contribution in [0, 0.1) is 0 Å². The Bertz CT molecular complexity index is 2710. The molecule has 0 unspecified atom stereocenters. The molecule has 0 N–H and O–H groups in total. The summed E-state index contributed by atoms with van der Waals surface area (Å²) in [5.74, 6) is 3.15. The Balaban J connectivity index is 1.30. The molecule has 0 spiro atoms. The molecule has 0 saturated heterocycles. The normalized spacial score (nSPS) is 15.7. The summed E-state index contributed by atoms with van der Waals surface area (Å²) in [6.45, 7) is 23.0. The fourth-order valence-corrected chi connectivity index (χ4v) is 11.8. The van der Waals surface area contributed by atoms with Gasteiger partial charge in [0, 0.05) is 32.9 Å². The summed E-state index contributed by atoms with van der Waals surface area (Å²) in [5, 5.41) is 5.16. The standard InChI is InChI=1S/C50H49BN2O4S2/c1-48(2,3)28-10-16-41-33(22-28)43-46(58-41)52(31-12-14-37-39(26-31)56-20-18-54-37)35-24-30(50(7,8)9)25-36-45(35)51(43)44-34-23-29(49(4,5)6)11-17-42(34)59-47(44)53(36)32-13-15-38-40(27-32)57-21-19-55-38/h10-17,22-27H,18-21H2,1-9H3. The van der Waals surface area contributed by atoms with Gasteiger partial charge in [-0.15, -0.1) is 22.7 Å². The molecule has 0 fully saturated rings. The maximum absolute atomic E-state index is 6.26. The van der Waals surface area contributed by atoms with Crippen LogP contribution in [0.3, 0.4) is 0 Å². The van der Waals surface area contributed by atoms with E-state index in [0.717, 1.165) is 34.4 Å². The van der Waals surface area contributed by atoms with Crippen molar-refractivity contribution in [2.75, 3.05) is 36.2 Å². The van der Waals surface area contributed by atoms with E-state index in [4.69, 9.17) is 18.9 Å². The monoisotopic (exact) mass is 816 g/mol. The van der Waals surface area contributed by atoms with E-state index in [9.17, 15) is 0 Å². The molecule has 6 heterocycles. The van der Waals surface area contributed by atoms with Crippen LogP contribution >= 0.6 is 22.7 Å². The van der Waals surface area contributed by atoms with Crippen molar-refractivity contribution < 1.29 is 18.9 Å². The maximum Gasteiger partial charge on any atom is 0.256 e. The highest BCUT2D eigenvalue weighted by molar-refractivity contribution is 7.29. The minimum Gasteiger partial charge on any atom is -0.486 e. The Morgan fingerprint density at radius 2 is 0.847 bits per heavy atom. The fourth-order valence-electron chi connectivity index (χ4n) is 9.26. The first-order valence-corrected chi connectivity index (χ1v) is 22.5. The van der Waals surface area contributed by atoms with Gasteiger partial charge in [0.1, 0.15) is 26.4 Å². The van der Waals surface area contributed by atoms with E-state index in [-0.39, 0.29) is 23.0 Å². The van der Waals surface area contributed by atoms with Gasteiger partial charge in [-0.1, -0.05) is 86.6 Å². The molecular weight excluding hydrogens is 768 g/mol. The zero-order valence-corrected chi connectivity index (χ0v) is 37.0. The average Bonchev–Trinajstić information content (AvgIpc) is 3.77. The third kappa shape index (κ3) is 5.71. The van der Waals surface area contributed by atoms with E-state index in [2.05, 4.69) is 157 Å². The van der Waals surface area contributed by atoms with Crippen molar-refractivity contribution in [3.8, 4) is 23.0 Å². The van der Waals surface area contributed by atoms with Crippen LogP contribution in [0.25, 0.3) is 20.2 Å². The van der Waals surface area contributed by atoms with Crippen molar-refractivity contribution in [3.05, 3.63) is 102 Å². The Labute approximate surface area is 355 Å². The average molecular weight is 817 g/mol. The molecule has 0 bridgehead atoms. The van der Waals surface area contributed by atoms with Gasteiger partial charge in [0.25, 0.3) is 6.71 Å². The van der Waals surface area contributed by atoms with Crippen LogP contribution in [0.4, 0.5) is 32.8 Å². The third-order valence-electron chi connectivity index (χ3n) is 12.5. The molecule has 4 aliphatic rings. The second-order valence-corrected chi connectivity index (χ2v) is 21.6. The molecule has 6 nitrogen and oxygen atoms in total. The van der Waals surface area contributed by atoms with Gasteiger partial charge in [-0.3, -0.25) is 0 Å². The lowest BCUT2D eigenvalue weighted by molar-refractivity contribution is 0.171. The van der Waals surface area contributed by atoms with Crippen LogP contribution in [0.1, 0.15) is 79.0 Å². The number of anilines is 6. The molecule has 7 aromatic rings. The van der Waals surface area contributed by atoms with Crippen molar-refractivity contribution in [1.82, 2.24) is 0 Å². The molecule has 4 aliphatic heterocycles. The van der Waals surface area contributed by atoms with Crippen LogP contribution in [-0.4, -0.2) is 33.1 Å². The summed E-state index contributed by atoms with van der Waals surface area (Å²) in [5.41, 5.74) is 12.4. The summed E-state index contributed by atoms with van der Waals surface area (Å²) in [6, 6.07) is 32.3. The fraction of sp³-hybridized carbons (Fsp3) is 0.320. The van der Waals surface area contributed by atoms with E-state index in [1.54, 1.807) is 0 Å². The van der Waals surface area contributed by atoms with Crippen molar-refractivity contribution in [2.24, 2.45) is 0 Å². The topological polar surface area (TPSA) is 43.4 Å². The molecule has 0 saturated carbocycles. The zero-order valence-electron chi connectivity index (χ0n) is 35.3. The lowest BCUT2D eigenvalue weighted by Crippen LogP contribution is -2.60. The van der Waals surface area contributed by atoms with Crippen LogP contribution in [0.5, 0.6) is 23.0 Å². The van der Waals surface area contributed by atoms with Gasteiger partial charge in [0.05, 0.1) is 21.4 Å². The lowest BCUT2D eigenvalue weighted by atomic mass is 9.33. The molecule has 59 heavy (non-hydrogen) atoms. The second-order valence-electron chi connectivity index (χ2n) is 19.5. The lowest BCUT2D eigenvalue weighted by Gasteiger charge is -2.43. The van der Waals surface area contributed by atoms with Gasteiger partial charge in [0.2, 0.25) is 0 Å². The molecule has 298 valence electrons. The van der Waals surface area contributed by atoms with Crippen LogP contribution in [0.15, 0.2) is 84.9 Å². The van der Waals surface area contributed by atoms with E-state index < -0.39 is 0 Å². The highest BCUT2D eigenvalue weighted by atomic mass is 32.1. The summed E-state index contributed by atoms with van der Waals surface area (Å²) in [7, 11) is 0. The highest BCUT2D eigenvalue weighted by Gasteiger charge is 2.48. The van der Waals surface area contributed by atoms with E-state index in [1.807, 2.05) is 22.7 Å². The molecule has 0 radical (unpaired) electrons. The smallest absolute Gasteiger partial charge is 0.256 e. The Kier molecular flexibility index (Phi) is 7.95. The van der Waals surface area contributed by atoms with Crippen molar-refractivity contribution >= 4 is 98.7 Å². The number of ether oxygens (including phenoxy) is 4. The molecule has 0 atom stereocenters. The van der Waals surface area contributed by atoms with Crippen LogP contribution in [0.2, 0.25) is 0 Å². The zero-order chi connectivity index (χ0) is 40.7.